The van der Waals surface area contributed by atoms with Gasteiger partial charge in [-0.2, -0.15) is 0 Å². The van der Waals surface area contributed by atoms with E-state index in [1.54, 1.807) is 0 Å². The maximum absolute atomic E-state index is 10.00. The fraction of sp³-hybridized carbons (Fsp3) is 0.857. The molecular formula is C14H25O13. The van der Waals surface area contributed by atoms with E-state index in [9.17, 15) is 30.6 Å². The molecule has 0 amide bonds. The maximum Gasteiger partial charge on any atom is 0.303 e. The highest BCUT2D eigenvalue weighted by Gasteiger charge is 2.58. The largest absolute Gasteiger partial charge is 0.481 e. The normalized spacial score (nSPS) is 44.5. The molecule has 2 heterocycles. The average Bonchev–Trinajstić information content (AvgIpc) is 2.86. The average molecular weight is 401 g/mol. The Hall–Kier alpha value is -0.970. The highest BCUT2D eigenvalue weighted by atomic mass is 16.8. The lowest BCUT2D eigenvalue weighted by Crippen LogP contribution is -2.62. The van der Waals surface area contributed by atoms with Crippen LogP contribution in [0.15, 0.2) is 0 Å². The third kappa shape index (κ3) is 5.30. The Morgan fingerprint density at radius 1 is 0.926 bits per heavy atom. The molecule has 159 valence electrons. The molecule has 2 rings (SSSR count). The molecule has 1 radical (unpaired) electrons. The van der Waals surface area contributed by atoms with Crippen molar-refractivity contribution in [1.82, 2.24) is 0 Å². The van der Waals surface area contributed by atoms with E-state index in [0.29, 0.717) is 0 Å². The SMILES string of the molecule is OC[C@H]1O[C@@](CO)(O[C@H]2O[C@H](CO)[C@@H](O)[C@H](O)[C@H]2O)[C@@H](O)[C@@H]1O.[CH2]C(=O)O. The molecule has 0 aliphatic carbocycles. The predicted molar refractivity (Wildman–Crippen MR) is 81.6 cm³/mol. The first-order valence-electron chi connectivity index (χ1n) is 7.83. The van der Waals surface area contributed by atoms with Gasteiger partial charge in [0.1, 0.15) is 49.3 Å². The van der Waals surface area contributed by atoms with Crippen molar-refractivity contribution in [2.45, 2.75) is 54.8 Å². The lowest BCUT2D eigenvalue weighted by atomic mass is 9.99. The molecule has 9 N–H and O–H groups in total. The van der Waals surface area contributed by atoms with E-state index in [1.807, 2.05) is 0 Å². The van der Waals surface area contributed by atoms with Gasteiger partial charge in [0.15, 0.2) is 6.29 Å². The minimum absolute atomic E-state index is 0.669. The van der Waals surface area contributed by atoms with E-state index < -0.39 is 80.6 Å². The highest BCUT2D eigenvalue weighted by Crippen LogP contribution is 2.35. The molecule has 27 heavy (non-hydrogen) atoms. The molecule has 0 aromatic rings. The zero-order chi connectivity index (χ0) is 20.9. The van der Waals surface area contributed by atoms with Crippen LogP contribution in [0.4, 0.5) is 0 Å². The fourth-order valence-electron chi connectivity index (χ4n) is 2.63. The molecule has 0 bridgehead atoms. The van der Waals surface area contributed by atoms with Crippen molar-refractivity contribution in [3.8, 4) is 0 Å². The number of aliphatic hydroxyl groups excluding tert-OH is 8. The fourth-order valence-corrected chi connectivity index (χ4v) is 2.63. The third-order valence-electron chi connectivity index (χ3n) is 4.07. The Morgan fingerprint density at radius 3 is 1.85 bits per heavy atom. The lowest BCUT2D eigenvalue weighted by Gasteiger charge is -2.43. The second kappa shape index (κ2) is 9.99. The second-order valence-electron chi connectivity index (χ2n) is 5.95. The molecule has 0 spiro atoms. The van der Waals surface area contributed by atoms with Gasteiger partial charge in [0.05, 0.1) is 20.1 Å². The number of carboxylic acids is 1. The molecule has 0 saturated carbocycles. The van der Waals surface area contributed by atoms with Crippen molar-refractivity contribution in [2.75, 3.05) is 19.8 Å². The predicted octanol–water partition coefficient (Wildman–Crippen LogP) is -5.49. The third-order valence-corrected chi connectivity index (χ3v) is 4.07. The summed E-state index contributed by atoms with van der Waals surface area (Å²) in [4.78, 5) is 8.89. The quantitative estimate of drug-likeness (QED) is 0.210. The summed E-state index contributed by atoms with van der Waals surface area (Å²) in [7, 11) is 0. The molecule has 0 aromatic heterocycles. The number of hydrogen-bond donors (Lipinski definition) is 9. The Morgan fingerprint density at radius 2 is 1.44 bits per heavy atom. The Balaban J connectivity index is 0.000000828. The van der Waals surface area contributed by atoms with Crippen molar-refractivity contribution < 1.29 is 65.0 Å². The summed E-state index contributed by atoms with van der Waals surface area (Å²) >= 11 is 0. The monoisotopic (exact) mass is 401 g/mol. The van der Waals surface area contributed by atoms with Crippen molar-refractivity contribution >= 4 is 5.97 Å². The van der Waals surface area contributed by atoms with Crippen LogP contribution in [0.25, 0.3) is 0 Å². The van der Waals surface area contributed by atoms with Gasteiger partial charge in [0.25, 0.3) is 0 Å². The van der Waals surface area contributed by atoms with Crippen LogP contribution >= 0.6 is 0 Å². The van der Waals surface area contributed by atoms with Gasteiger partial charge in [0, 0.05) is 0 Å². The van der Waals surface area contributed by atoms with Gasteiger partial charge < -0.3 is 60.2 Å². The first-order valence-corrected chi connectivity index (χ1v) is 7.83. The molecule has 2 aliphatic rings. The zero-order valence-electron chi connectivity index (χ0n) is 14.1. The van der Waals surface area contributed by atoms with Crippen LogP contribution in [0.5, 0.6) is 0 Å². The summed E-state index contributed by atoms with van der Waals surface area (Å²) in [6.07, 6.45) is -12.7. The highest BCUT2D eigenvalue weighted by molar-refractivity contribution is 5.71. The van der Waals surface area contributed by atoms with E-state index in [2.05, 4.69) is 6.92 Å². The van der Waals surface area contributed by atoms with Crippen LogP contribution in [0.3, 0.4) is 0 Å². The van der Waals surface area contributed by atoms with E-state index in [4.69, 9.17) is 34.3 Å². The number of hydrogen-bond acceptors (Lipinski definition) is 12. The van der Waals surface area contributed by atoms with E-state index in [1.165, 1.54) is 0 Å². The first-order chi connectivity index (χ1) is 12.5. The summed E-state index contributed by atoms with van der Waals surface area (Å²) in [6.45, 7) is 0.233. The Bertz CT molecular complexity index is 470. The van der Waals surface area contributed by atoms with Gasteiger partial charge in [0.2, 0.25) is 5.79 Å². The molecule has 0 aromatic carbocycles. The topological polar surface area (TPSA) is 227 Å². The van der Waals surface area contributed by atoms with E-state index >= 15 is 0 Å². The van der Waals surface area contributed by atoms with Gasteiger partial charge in [-0.25, -0.2) is 0 Å². The van der Waals surface area contributed by atoms with Gasteiger partial charge in [-0.1, -0.05) is 0 Å². The molecule has 13 nitrogen and oxygen atoms in total. The second-order valence-corrected chi connectivity index (χ2v) is 5.95. The molecule has 2 fully saturated rings. The Labute approximate surface area is 153 Å². The first kappa shape index (κ1) is 24.1. The standard InChI is InChI=1S/C12H22O11.C2H3O2/c13-1-4-6(16)8(18)9(19)11(21-4)23-12(3-15)10(20)7(17)5(2-14)22-12;1-2(3)4/h4-11,13-20H,1-3H2;1H2,(H,3,4)/t4-,5-,6-,7-,8+,9-,10+,11-,12+;/m1./s1. The van der Waals surface area contributed by atoms with Gasteiger partial charge in [-0.15, -0.1) is 0 Å². The van der Waals surface area contributed by atoms with Gasteiger partial charge in [-0.3, -0.25) is 4.79 Å². The number of aliphatic carboxylic acids is 1. The summed E-state index contributed by atoms with van der Waals surface area (Å²) in [6, 6.07) is 0. The van der Waals surface area contributed by atoms with Crippen LogP contribution < -0.4 is 0 Å². The molecular weight excluding hydrogens is 376 g/mol. The molecule has 13 heteroatoms. The smallest absolute Gasteiger partial charge is 0.303 e. The number of rotatable bonds is 5. The lowest BCUT2D eigenvalue weighted by molar-refractivity contribution is -0.383. The van der Waals surface area contributed by atoms with Crippen molar-refractivity contribution in [3.63, 3.8) is 0 Å². The Kier molecular flexibility index (Phi) is 8.91. The van der Waals surface area contributed by atoms with Crippen LogP contribution in [-0.4, -0.2) is 127 Å². The van der Waals surface area contributed by atoms with E-state index in [-0.39, 0.29) is 0 Å². The molecule has 9 atom stereocenters. The van der Waals surface area contributed by atoms with Crippen LogP contribution in [0.2, 0.25) is 0 Å². The van der Waals surface area contributed by atoms with Crippen LogP contribution in [0, 0.1) is 6.92 Å². The molecule has 2 saturated heterocycles. The number of ether oxygens (including phenoxy) is 3. The maximum atomic E-state index is 10.00. The van der Waals surface area contributed by atoms with Gasteiger partial charge >= 0.3 is 5.97 Å². The van der Waals surface area contributed by atoms with Crippen molar-refractivity contribution in [1.29, 1.82) is 0 Å². The van der Waals surface area contributed by atoms with Crippen LogP contribution in [-0.2, 0) is 19.0 Å². The zero-order valence-corrected chi connectivity index (χ0v) is 14.1. The van der Waals surface area contributed by atoms with E-state index in [0.717, 1.165) is 0 Å². The summed E-state index contributed by atoms with van der Waals surface area (Å²) in [5.74, 6) is -3.31. The number of carboxylic acid groups (broad SMARTS) is 1. The van der Waals surface area contributed by atoms with Crippen LogP contribution in [0.1, 0.15) is 0 Å². The summed E-state index contributed by atoms with van der Waals surface area (Å²) in [5.41, 5.74) is 0. The summed E-state index contributed by atoms with van der Waals surface area (Å²) < 4.78 is 15.4. The van der Waals surface area contributed by atoms with Crippen molar-refractivity contribution in [3.05, 3.63) is 6.92 Å². The van der Waals surface area contributed by atoms with Crippen molar-refractivity contribution in [2.24, 2.45) is 0 Å². The number of carbonyl (C=O) groups is 1. The minimum atomic E-state index is -2.22. The molecule has 0 unspecified atom stereocenters. The minimum Gasteiger partial charge on any atom is -0.481 e. The molecule has 2 aliphatic heterocycles. The number of aliphatic hydroxyl groups is 8. The summed E-state index contributed by atoms with van der Waals surface area (Å²) in [5, 5.41) is 84.0. The van der Waals surface area contributed by atoms with Gasteiger partial charge in [-0.05, 0) is 0 Å².